The lowest BCUT2D eigenvalue weighted by molar-refractivity contribution is -0.140. The van der Waals surface area contributed by atoms with E-state index in [4.69, 9.17) is 9.15 Å². The van der Waals surface area contributed by atoms with E-state index in [0.29, 0.717) is 22.6 Å². The number of oxazole rings is 1. The van der Waals surface area contributed by atoms with Crippen molar-refractivity contribution in [2.45, 2.75) is 46.3 Å². The van der Waals surface area contributed by atoms with Gasteiger partial charge in [-0.3, -0.25) is 4.79 Å². The van der Waals surface area contributed by atoms with Crippen LogP contribution in [0.5, 0.6) is 5.75 Å². The van der Waals surface area contributed by atoms with Gasteiger partial charge in [-0.05, 0) is 57.5 Å². The van der Waals surface area contributed by atoms with Crippen LogP contribution in [0.2, 0.25) is 0 Å². The van der Waals surface area contributed by atoms with Gasteiger partial charge in [-0.15, -0.1) is 0 Å². The molecule has 0 unspecified atom stereocenters. The van der Waals surface area contributed by atoms with Crippen LogP contribution in [0.25, 0.3) is 22.4 Å². The van der Waals surface area contributed by atoms with Crippen molar-refractivity contribution < 1.29 is 27.1 Å². The van der Waals surface area contributed by atoms with Crippen molar-refractivity contribution in [2.75, 3.05) is 14.2 Å². The Bertz CT molecular complexity index is 1110. The number of pyridine rings is 1. The normalized spacial score (nSPS) is 12.3. The lowest BCUT2D eigenvalue weighted by Gasteiger charge is -2.15. The van der Waals surface area contributed by atoms with Crippen LogP contribution in [0.1, 0.15) is 49.1 Å². The second-order valence-electron chi connectivity index (χ2n) is 7.83. The molecule has 0 saturated heterocycles. The quantitative estimate of drug-likeness (QED) is 0.532. The molecule has 0 aliphatic carbocycles. The average molecular weight is 467 g/mol. The first-order valence-corrected chi connectivity index (χ1v) is 10.4. The Morgan fingerprint density at radius 1 is 1.15 bits per heavy atom. The third-order valence-electron chi connectivity index (χ3n) is 4.78. The van der Waals surface area contributed by atoms with E-state index in [0.717, 1.165) is 12.5 Å². The molecule has 180 valence electrons. The number of benzene rings is 1. The minimum atomic E-state index is -4.59. The van der Waals surface area contributed by atoms with E-state index in [-0.39, 0.29) is 34.8 Å². The smallest absolute Gasteiger partial charge is 0.433 e. The molecule has 0 saturated carbocycles. The molecule has 33 heavy (non-hydrogen) atoms. The maximum Gasteiger partial charge on any atom is 0.433 e. The molecular weight excluding hydrogens is 437 g/mol. The first kappa shape index (κ1) is 26.1. The van der Waals surface area contributed by atoms with E-state index in [2.05, 4.69) is 34.9 Å². The highest BCUT2D eigenvalue weighted by molar-refractivity contribution is 5.98. The highest BCUT2D eigenvalue weighted by Gasteiger charge is 2.33. The van der Waals surface area contributed by atoms with Crippen LogP contribution in [0, 0.1) is 12.8 Å². The molecule has 7 nitrogen and oxygen atoms in total. The van der Waals surface area contributed by atoms with E-state index in [9.17, 15) is 18.0 Å². The van der Waals surface area contributed by atoms with Crippen molar-refractivity contribution in [1.82, 2.24) is 15.3 Å². The zero-order valence-corrected chi connectivity index (χ0v) is 19.5. The summed E-state index contributed by atoms with van der Waals surface area (Å²) >= 11 is 0. The number of nitrogens with one attached hydrogen (secondary N) is 1. The molecular formula is C23H29F3N4O3. The van der Waals surface area contributed by atoms with Crippen LogP contribution < -0.4 is 15.8 Å². The van der Waals surface area contributed by atoms with Crippen molar-refractivity contribution in [3.8, 4) is 17.2 Å². The summed E-state index contributed by atoms with van der Waals surface area (Å²) in [5, 5.41) is 3.26. The number of hydrogen-bond acceptors (Lipinski definition) is 6. The van der Waals surface area contributed by atoms with E-state index < -0.39 is 11.9 Å². The molecule has 0 aliphatic heterocycles. The van der Waals surface area contributed by atoms with Crippen LogP contribution in [0.3, 0.4) is 0 Å². The van der Waals surface area contributed by atoms with Gasteiger partial charge in [0.2, 0.25) is 5.89 Å². The van der Waals surface area contributed by atoms with Crippen LogP contribution in [-0.4, -0.2) is 36.1 Å². The van der Waals surface area contributed by atoms with Crippen LogP contribution in [-0.2, 0) is 6.18 Å². The Labute approximate surface area is 190 Å². The molecule has 10 heteroatoms. The van der Waals surface area contributed by atoms with E-state index >= 15 is 0 Å². The summed E-state index contributed by atoms with van der Waals surface area (Å²) in [6.07, 6.45) is -3.78. The van der Waals surface area contributed by atoms with Gasteiger partial charge in [0, 0.05) is 17.0 Å². The van der Waals surface area contributed by atoms with Crippen molar-refractivity contribution >= 4 is 16.8 Å². The molecule has 3 rings (SSSR count). The van der Waals surface area contributed by atoms with Gasteiger partial charge in [0.05, 0.1) is 7.11 Å². The zero-order valence-electron chi connectivity index (χ0n) is 19.5. The molecule has 3 N–H and O–H groups in total. The largest absolute Gasteiger partial charge is 0.494 e. The van der Waals surface area contributed by atoms with E-state index in [1.54, 1.807) is 13.0 Å². The molecule has 2 heterocycles. The predicted octanol–water partition coefficient (Wildman–Crippen LogP) is 4.96. The number of amides is 1. The maximum atomic E-state index is 13.1. The Balaban J connectivity index is 0.00000187. The SMILES string of the molecule is CN.COc1ccc(-c2nc(C(=O)N[C@H](C)CC(C)C)c(C)o2)c2ccc(C(F)(F)F)nc12. The molecule has 1 atom stereocenters. The first-order valence-electron chi connectivity index (χ1n) is 10.4. The maximum absolute atomic E-state index is 13.1. The Morgan fingerprint density at radius 3 is 2.39 bits per heavy atom. The first-order chi connectivity index (χ1) is 15.5. The van der Waals surface area contributed by atoms with E-state index in [1.807, 2.05) is 6.92 Å². The highest BCUT2D eigenvalue weighted by Crippen LogP contribution is 2.36. The van der Waals surface area contributed by atoms with Crippen molar-refractivity contribution in [3.05, 3.63) is 41.4 Å². The summed E-state index contributed by atoms with van der Waals surface area (Å²) in [4.78, 5) is 20.7. The Morgan fingerprint density at radius 2 is 1.82 bits per heavy atom. The van der Waals surface area contributed by atoms with Crippen molar-refractivity contribution in [3.63, 3.8) is 0 Å². The second-order valence-corrected chi connectivity index (χ2v) is 7.83. The monoisotopic (exact) mass is 466 g/mol. The van der Waals surface area contributed by atoms with Gasteiger partial charge >= 0.3 is 6.18 Å². The number of hydrogen-bond donors (Lipinski definition) is 2. The number of nitrogens with two attached hydrogens (primary N) is 1. The zero-order chi connectivity index (χ0) is 24.9. The number of aromatic nitrogens is 2. The van der Waals surface area contributed by atoms with Crippen molar-refractivity contribution in [2.24, 2.45) is 11.7 Å². The summed E-state index contributed by atoms with van der Waals surface area (Å²) in [5.74, 6) is 0.676. The highest BCUT2D eigenvalue weighted by atomic mass is 19.4. The van der Waals surface area contributed by atoms with Gasteiger partial charge in [-0.1, -0.05) is 13.8 Å². The summed E-state index contributed by atoms with van der Waals surface area (Å²) in [6.45, 7) is 7.66. The average Bonchev–Trinajstić information content (AvgIpc) is 3.14. The van der Waals surface area contributed by atoms with Gasteiger partial charge in [-0.25, -0.2) is 9.97 Å². The van der Waals surface area contributed by atoms with Gasteiger partial charge in [-0.2, -0.15) is 13.2 Å². The molecule has 1 amide bonds. The fraction of sp³-hybridized carbons (Fsp3) is 0.435. The Kier molecular flexibility index (Phi) is 8.43. The molecule has 1 aromatic carbocycles. The van der Waals surface area contributed by atoms with Gasteiger partial charge < -0.3 is 20.2 Å². The number of fused-ring (bicyclic) bond motifs is 1. The minimum absolute atomic E-state index is 0.0298. The molecule has 0 aliphatic rings. The number of aryl methyl sites for hydroxylation is 1. The van der Waals surface area contributed by atoms with E-state index in [1.165, 1.54) is 26.3 Å². The number of alkyl halides is 3. The number of halogens is 3. The van der Waals surface area contributed by atoms with Crippen molar-refractivity contribution in [1.29, 1.82) is 0 Å². The summed E-state index contributed by atoms with van der Waals surface area (Å²) < 4.78 is 50.3. The number of carbonyl (C=O) groups excluding carboxylic acids is 1. The number of nitrogens with zero attached hydrogens (tertiary/aromatic N) is 2. The summed E-state index contributed by atoms with van der Waals surface area (Å²) in [5.41, 5.74) is 4.05. The van der Waals surface area contributed by atoms with Gasteiger partial charge in [0.25, 0.3) is 5.91 Å². The predicted molar refractivity (Wildman–Crippen MR) is 120 cm³/mol. The third kappa shape index (κ3) is 6.01. The summed E-state index contributed by atoms with van der Waals surface area (Å²) in [7, 11) is 2.85. The molecule has 0 fully saturated rings. The lowest BCUT2D eigenvalue weighted by Crippen LogP contribution is -2.34. The molecule has 2 aromatic heterocycles. The fourth-order valence-electron chi connectivity index (χ4n) is 3.48. The molecule has 0 radical (unpaired) electrons. The van der Waals surface area contributed by atoms with Crippen LogP contribution in [0.15, 0.2) is 28.7 Å². The van der Waals surface area contributed by atoms with Gasteiger partial charge in [0.1, 0.15) is 22.7 Å². The number of ether oxygens (including phenoxy) is 1. The standard InChI is InChI=1S/C22H24F3N3O3.CH5N/c1-11(2)10-12(3)26-20(29)18-13(4)31-21(28-18)15-6-8-16(30-5)19-14(15)7-9-17(27-19)22(23,24)25;1-2/h6-9,11-12H,10H2,1-5H3,(H,26,29);2H2,1H3/t12-;/m1./s1. The van der Waals surface area contributed by atoms with Crippen LogP contribution in [0.4, 0.5) is 13.2 Å². The molecule has 0 bridgehead atoms. The topological polar surface area (TPSA) is 103 Å². The third-order valence-corrected chi connectivity index (χ3v) is 4.78. The molecule has 3 aromatic rings. The molecule has 0 spiro atoms. The number of carbonyl (C=O) groups is 1. The van der Waals surface area contributed by atoms with Gasteiger partial charge in [0.15, 0.2) is 5.69 Å². The van der Waals surface area contributed by atoms with Crippen LogP contribution >= 0.6 is 0 Å². The lowest BCUT2D eigenvalue weighted by atomic mass is 10.1. The second kappa shape index (κ2) is 10.7. The summed E-state index contributed by atoms with van der Waals surface area (Å²) in [6, 6.07) is 5.26. The Hall–Kier alpha value is -3.14. The number of rotatable bonds is 6. The number of methoxy groups -OCH3 is 1. The minimum Gasteiger partial charge on any atom is -0.494 e. The fourth-order valence-corrected chi connectivity index (χ4v) is 3.48.